The Morgan fingerprint density at radius 2 is 2.04 bits per heavy atom. The van der Waals surface area contributed by atoms with Crippen LogP contribution in [0.3, 0.4) is 0 Å². The summed E-state index contributed by atoms with van der Waals surface area (Å²) in [7, 11) is 0. The van der Waals surface area contributed by atoms with E-state index in [4.69, 9.17) is 0 Å². The summed E-state index contributed by atoms with van der Waals surface area (Å²) in [5.41, 5.74) is 4.06. The lowest BCUT2D eigenvalue weighted by atomic mass is 10.0. The highest BCUT2D eigenvalue weighted by atomic mass is 16.2. The molecule has 26 heavy (non-hydrogen) atoms. The molecule has 1 aliphatic carbocycles. The van der Waals surface area contributed by atoms with Gasteiger partial charge in [-0.3, -0.25) is 4.98 Å². The van der Waals surface area contributed by atoms with E-state index in [1.54, 1.807) is 18.7 Å². The van der Waals surface area contributed by atoms with E-state index in [2.05, 4.69) is 25.8 Å². The van der Waals surface area contributed by atoms with Gasteiger partial charge in [0.15, 0.2) is 5.82 Å². The van der Waals surface area contributed by atoms with Crippen LogP contribution >= 0.6 is 0 Å². The van der Waals surface area contributed by atoms with Gasteiger partial charge in [-0.1, -0.05) is 6.07 Å². The maximum absolute atomic E-state index is 12.2. The van der Waals surface area contributed by atoms with Crippen molar-refractivity contribution in [2.24, 2.45) is 0 Å². The Morgan fingerprint density at radius 3 is 2.77 bits per heavy atom. The molecular weight excluding hydrogens is 328 g/mol. The molecule has 7 heteroatoms. The van der Waals surface area contributed by atoms with Gasteiger partial charge in [0.2, 0.25) is 0 Å². The summed E-state index contributed by atoms with van der Waals surface area (Å²) in [6, 6.07) is 10.0. The number of pyridine rings is 1. The summed E-state index contributed by atoms with van der Waals surface area (Å²) < 4.78 is 2.04. The minimum Gasteiger partial charge on any atom is -0.331 e. The lowest BCUT2D eigenvalue weighted by molar-refractivity contribution is 0.251. The molecular formula is C19H20N6O. The maximum atomic E-state index is 12.2. The summed E-state index contributed by atoms with van der Waals surface area (Å²) in [4.78, 5) is 16.2. The largest absolute Gasteiger partial charge is 0.331 e. The number of amides is 2. The first-order valence-corrected chi connectivity index (χ1v) is 8.65. The molecule has 7 nitrogen and oxygen atoms in total. The molecule has 2 N–H and O–H groups in total. The van der Waals surface area contributed by atoms with E-state index in [0.717, 1.165) is 41.0 Å². The second kappa shape index (κ2) is 6.95. The van der Waals surface area contributed by atoms with Gasteiger partial charge in [-0.2, -0.15) is 0 Å². The Labute approximate surface area is 151 Å². The number of nitrogens with zero attached hydrogens (tertiary/aromatic N) is 4. The summed E-state index contributed by atoms with van der Waals surface area (Å²) in [6.45, 7) is 2.38. The predicted octanol–water partition coefficient (Wildman–Crippen LogP) is 3.31. The van der Waals surface area contributed by atoms with Crippen molar-refractivity contribution >= 4 is 11.7 Å². The van der Waals surface area contributed by atoms with Gasteiger partial charge < -0.3 is 15.2 Å². The van der Waals surface area contributed by atoms with Crippen molar-refractivity contribution in [3.05, 3.63) is 60.4 Å². The van der Waals surface area contributed by atoms with Gasteiger partial charge >= 0.3 is 6.03 Å². The van der Waals surface area contributed by atoms with Crippen LogP contribution in [0.25, 0.3) is 11.1 Å². The maximum Gasteiger partial charge on any atom is 0.319 e. The molecule has 3 aromatic rings. The number of urea groups is 1. The van der Waals surface area contributed by atoms with Crippen LogP contribution < -0.4 is 10.6 Å². The minimum absolute atomic E-state index is 0.258. The Hall–Kier alpha value is -3.22. The fourth-order valence-corrected chi connectivity index (χ4v) is 2.98. The van der Waals surface area contributed by atoms with Gasteiger partial charge in [0.25, 0.3) is 0 Å². The average Bonchev–Trinajstić information content (AvgIpc) is 3.39. The Balaban J connectivity index is 1.38. The Morgan fingerprint density at radius 1 is 1.23 bits per heavy atom. The predicted molar refractivity (Wildman–Crippen MR) is 98.6 cm³/mol. The molecule has 1 fully saturated rings. The SMILES string of the molecule is Cc1cc(NC(=O)NCc2nncn2C2CC2)ccc1-c1ccncc1. The van der Waals surface area contributed by atoms with Crippen LogP contribution in [0, 0.1) is 6.92 Å². The molecule has 0 aliphatic heterocycles. The average molecular weight is 348 g/mol. The van der Waals surface area contributed by atoms with Crippen molar-refractivity contribution in [2.75, 3.05) is 5.32 Å². The topological polar surface area (TPSA) is 84.7 Å². The number of hydrogen-bond donors (Lipinski definition) is 2. The quantitative estimate of drug-likeness (QED) is 0.741. The summed E-state index contributed by atoms with van der Waals surface area (Å²) in [6.07, 6.45) is 7.58. The van der Waals surface area contributed by atoms with Crippen LogP contribution in [0.4, 0.5) is 10.5 Å². The van der Waals surface area contributed by atoms with Crippen LogP contribution in [0.5, 0.6) is 0 Å². The van der Waals surface area contributed by atoms with E-state index in [-0.39, 0.29) is 6.03 Å². The van der Waals surface area contributed by atoms with Gasteiger partial charge in [0.05, 0.1) is 6.54 Å². The Bertz CT molecular complexity index is 917. The summed E-state index contributed by atoms with van der Waals surface area (Å²) in [5, 5.41) is 13.7. The molecule has 0 bridgehead atoms. The zero-order valence-corrected chi connectivity index (χ0v) is 14.5. The van der Waals surface area contributed by atoms with Gasteiger partial charge in [0, 0.05) is 24.1 Å². The van der Waals surface area contributed by atoms with Crippen LogP contribution in [0.1, 0.15) is 30.3 Å². The van der Waals surface area contributed by atoms with E-state index in [1.807, 2.05) is 41.8 Å². The van der Waals surface area contributed by atoms with Gasteiger partial charge in [-0.15, -0.1) is 10.2 Å². The number of anilines is 1. The zero-order chi connectivity index (χ0) is 17.9. The molecule has 4 rings (SSSR count). The van der Waals surface area contributed by atoms with Crippen molar-refractivity contribution in [3.63, 3.8) is 0 Å². The molecule has 2 aromatic heterocycles. The molecule has 0 saturated heterocycles. The molecule has 0 radical (unpaired) electrons. The lowest BCUT2D eigenvalue weighted by Crippen LogP contribution is -2.29. The zero-order valence-electron chi connectivity index (χ0n) is 14.5. The fourth-order valence-electron chi connectivity index (χ4n) is 2.98. The third kappa shape index (κ3) is 3.56. The number of rotatable bonds is 5. The van der Waals surface area contributed by atoms with Crippen molar-refractivity contribution in [1.82, 2.24) is 25.1 Å². The summed E-state index contributed by atoms with van der Waals surface area (Å²) in [5.74, 6) is 0.784. The first-order chi connectivity index (χ1) is 12.7. The highest BCUT2D eigenvalue weighted by Gasteiger charge is 2.26. The molecule has 2 amide bonds. The van der Waals surface area contributed by atoms with E-state index in [1.165, 1.54) is 0 Å². The van der Waals surface area contributed by atoms with Crippen LogP contribution in [0.15, 0.2) is 49.1 Å². The normalized spacial score (nSPS) is 13.4. The van der Waals surface area contributed by atoms with E-state index < -0.39 is 0 Å². The standard InChI is InChI=1S/C19H20N6O/c1-13-10-15(2-5-17(13)14-6-8-20-9-7-14)23-19(26)21-11-18-24-22-12-25(18)16-3-4-16/h2,5-10,12,16H,3-4,11H2,1H3,(H2,21,23,26). The first kappa shape index (κ1) is 16.3. The van der Waals surface area contributed by atoms with Crippen molar-refractivity contribution in [1.29, 1.82) is 0 Å². The summed E-state index contributed by atoms with van der Waals surface area (Å²) >= 11 is 0. The second-order valence-corrected chi connectivity index (χ2v) is 6.46. The molecule has 0 unspecified atom stereocenters. The Kier molecular flexibility index (Phi) is 4.35. The van der Waals surface area contributed by atoms with Gasteiger partial charge in [-0.25, -0.2) is 4.79 Å². The monoisotopic (exact) mass is 348 g/mol. The third-order valence-electron chi connectivity index (χ3n) is 4.47. The van der Waals surface area contributed by atoms with Gasteiger partial charge in [-0.05, 0) is 60.7 Å². The molecule has 0 spiro atoms. The van der Waals surface area contributed by atoms with Crippen LogP contribution in [-0.2, 0) is 6.54 Å². The molecule has 0 atom stereocenters. The van der Waals surface area contributed by atoms with Gasteiger partial charge in [0.1, 0.15) is 6.33 Å². The number of nitrogens with one attached hydrogen (secondary N) is 2. The number of carbonyl (C=O) groups is 1. The third-order valence-corrected chi connectivity index (χ3v) is 4.47. The molecule has 2 heterocycles. The van der Waals surface area contributed by atoms with Crippen molar-refractivity contribution < 1.29 is 4.79 Å². The molecule has 1 saturated carbocycles. The highest BCUT2D eigenvalue weighted by Crippen LogP contribution is 2.35. The van der Waals surface area contributed by atoms with E-state index in [0.29, 0.717) is 12.6 Å². The number of carbonyl (C=O) groups excluding carboxylic acids is 1. The minimum atomic E-state index is -0.258. The number of hydrogen-bond acceptors (Lipinski definition) is 4. The first-order valence-electron chi connectivity index (χ1n) is 8.65. The van der Waals surface area contributed by atoms with E-state index in [9.17, 15) is 4.79 Å². The van der Waals surface area contributed by atoms with Crippen molar-refractivity contribution in [2.45, 2.75) is 32.4 Å². The molecule has 132 valence electrons. The number of aryl methyl sites for hydroxylation is 1. The van der Waals surface area contributed by atoms with Crippen molar-refractivity contribution in [3.8, 4) is 11.1 Å². The molecule has 1 aromatic carbocycles. The number of aromatic nitrogens is 4. The van der Waals surface area contributed by atoms with Crippen LogP contribution in [-0.4, -0.2) is 25.8 Å². The molecule has 1 aliphatic rings. The van der Waals surface area contributed by atoms with E-state index >= 15 is 0 Å². The fraction of sp³-hybridized carbons (Fsp3) is 0.263. The van der Waals surface area contributed by atoms with Crippen LogP contribution in [0.2, 0.25) is 0 Å². The second-order valence-electron chi connectivity index (χ2n) is 6.46. The lowest BCUT2D eigenvalue weighted by Gasteiger charge is -2.11. The highest BCUT2D eigenvalue weighted by molar-refractivity contribution is 5.89. The smallest absolute Gasteiger partial charge is 0.319 e. The number of benzene rings is 1.